The van der Waals surface area contributed by atoms with Gasteiger partial charge >= 0.3 is 5.97 Å². The molecule has 0 saturated heterocycles. The Labute approximate surface area is 88.1 Å². The highest BCUT2D eigenvalue weighted by Crippen LogP contribution is 2.29. The highest BCUT2D eigenvalue weighted by atomic mass is 16.5. The molecule has 0 aliphatic rings. The van der Waals surface area contributed by atoms with E-state index in [-0.39, 0.29) is 17.9 Å². The van der Waals surface area contributed by atoms with Crippen molar-refractivity contribution in [3.63, 3.8) is 0 Å². The lowest BCUT2D eigenvalue weighted by Gasteiger charge is -2.22. The van der Waals surface area contributed by atoms with Crippen LogP contribution in [0.4, 0.5) is 0 Å². The van der Waals surface area contributed by atoms with E-state index in [0.29, 0.717) is 0 Å². The second-order valence-electron chi connectivity index (χ2n) is 3.31. The maximum absolute atomic E-state index is 11.4. The van der Waals surface area contributed by atoms with E-state index in [0.717, 1.165) is 0 Å². The molecule has 1 atom stereocenters. The summed E-state index contributed by atoms with van der Waals surface area (Å²) in [5.74, 6) is -0.901. The third kappa shape index (κ3) is 2.27. The average molecular weight is 210 g/mol. The molecule has 1 aromatic rings. The topological polar surface area (TPSA) is 66.8 Å². The first-order valence-electron chi connectivity index (χ1n) is 4.68. The molecule has 4 nitrogen and oxygen atoms in total. The van der Waals surface area contributed by atoms with E-state index < -0.39 is 11.6 Å². The molecule has 82 valence electrons. The maximum Gasteiger partial charge on any atom is 0.342 e. The summed E-state index contributed by atoms with van der Waals surface area (Å²) in [6, 6.07) is 6.12. The van der Waals surface area contributed by atoms with Gasteiger partial charge in [-0.25, -0.2) is 4.79 Å². The van der Waals surface area contributed by atoms with Crippen molar-refractivity contribution in [1.29, 1.82) is 0 Å². The highest BCUT2D eigenvalue weighted by Gasteiger charge is 2.36. The Bertz CT molecular complexity index is 357. The molecule has 0 bridgehead atoms. The molecule has 1 unspecified atom stereocenters. The number of rotatable bonds is 3. The van der Waals surface area contributed by atoms with Crippen molar-refractivity contribution in [2.75, 3.05) is 6.61 Å². The molecule has 0 spiro atoms. The van der Waals surface area contributed by atoms with Crippen molar-refractivity contribution >= 4 is 5.97 Å². The molecule has 4 heteroatoms. The minimum absolute atomic E-state index is 0.129. The normalized spacial score (nSPS) is 14.3. The van der Waals surface area contributed by atoms with Crippen molar-refractivity contribution in [2.24, 2.45) is 0 Å². The van der Waals surface area contributed by atoms with Gasteiger partial charge in [0.25, 0.3) is 0 Å². The van der Waals surface area contributed by atoms with Crippen molar-refractivity contribution < 1.29 is 19.7 Å². The summed E-state index contributed by atoms with van der Waals surface area (Å²) in [4.78, 5) is 11.4. The molecule has 1 rings (SSSR count). The Morgan fingerprint density at radius 2 is 2.07 bits per heavy atom. The average Bonchev–Trinajstić information content (AvgIpc) is 2.18. The molecule has 0 radical (unpaired) electrons. The van der Waals surface area contributed by atoms with Crippen LogP contribution in [0.1, 0.15) is 19.4 Å². The first-order chi connectivity index (χ1) is 7.00. The number of aromatic hydroxyl groups is 1. The zero-order chi connectivity index (χ0) is 11.5. The van der Waals surface area contributed by atoms with Crippen molar-refractivity contribution in [2.45, 2.75) is 19.4 Å². The molecule has 15 heavy (non-hydrogen) atoms. The Morgan fingerprint density at radius 1 is 1.47 bits per heavy atom. The molecule has 0 amide bonds. The molecule has 0 aliphatic heterocycles. The predicted octanol–water partition coefficient (Wildman–Crippen LogP) is 1.16. The fraction of sp³-hybridized carbons (Fsp3) is 0.364. The number of phenols is 1. The van der Waals surface area contributed by atoms with Gasteiger partial charge in [0.2, 0.25) is 0 Å². The maximum atomic E-state index is 11.4. The van der Waals surface area contributed by atoms with E-state index in [4.69, 9.17) is 4.74 Å². The number of carbonyl (C=O) groups is 1. The van der Waals surface area contributed by atoms with Gasteiger partial charge in [-0.15, -0.1) is 0 Å². The molecular weight excluding hydrogens is 196 g/mol. The van der Waals surface area contributed by atoms with E-state index in [9.17, 15) is 15.0 Å². The summed E-state index contributed by atoms with van der Waals surface area (Å²) in [5, 5.41) is 19.4. The standard InChI is InChI=1S/C11H14O4/c1-3-15-10(13)11(2,14)8-6-4-5-7-9(8)12/h4-7,12,14H,3H2,1-2H3. The van der Waals surface area contributed by atoms with E-state index in [1.165, 1.54) is 19.1 Å². The first-order valence-corrected chi connectivity index (χ1v) is 4.68. The monoisotopic (exact) mass is 210 g/mol. The molecule has 0 aliphatic carbocycles. The number of para-hydroxylation sites is 1. The lowest BCUT2D eigenvalue weighted by atomic mass is 9.95. The van der Waals surface area contributed by atoms with Crippen molar-refractivity contribution in [3.05, 3.63) is 29.8 Å². The van der Waals surface area contributed by atoms with Crippen LogP contribution in [0, 0.1) is 0 Å². The van der Waals surface area contributed by atoms with Crippen molar-refractivity contribution in [3.8, 4) is 5.75 Å². The summed E-state index contributed by atoms with van der Waals surface area (Å²) in [6.07, 6.45) is 0. The van der Waals surface area contributed by atoms with Crippen LogP contribution in [-0.4, -0.2) is 22.8 Å². The van der Waals surface area contributed by atoms with Gasteiger partial charge in [-0.3, -0.25) is 0 Å². The Balaban J connectivity index is 3.05. The molecular formula is C11H14O4. The minimum Gasteiger partial charge on any atom is -0.508 e. The number of esters is 1. The number of hydrogen-bond acceptors (Lipinski definition) is 4. The van der Waals surface area contributed by atoms with E-state index >= 15 is 0 Å². The molecule has 1 aromatic carbocycles. The highest BCUT2D eigenvalue weighted by molar-refractivity contribution is 5.81. The van der Waals surface area contributed by atoms with Crippen LogP contribution in [-0.2, 0) is 15.1 Å². The lowest BCUT2D eigenvalue weighted by molar-refractivity contribution is -0.164. The number of aliphatic hydroxyl groups is 1. The van der Waals surface area contributed by atoms with Gasteiger partial charge in [-0.1, -0.05) is 18.2 Å². The second-order valence-corrected chi connectivity index (χ2v) is 3.31. The van der Waals surface area contributed by atoms with Crippen LogP contribution >= 0.6 is 0 Å². The molecule has 0 heterocycles. The van der Waals surface area contributed by atoms with Crippen LogP contribution in [0.5, 0.6) is 5.75 Å². The van der Waals surface area contributed by atoms with Crippen molar-refractivity contribution in [1.82, 2.24) is 0 Å². The fourth-order valence-corrected chi connectivity index (χ4v) is 1.27. The lowest BCUT2D eigenvalue weighted by Crippen LogP contribution is -2.34. The third-order valence-electron chi connectivity index (χ3n) is 2.10. The van der Waals surface area contributed by atoms with E-state index in [1.807, 2.05) is 0 Å². The van der Waals surface area contributed by atoms with Gasteiger partial charge in [-0.2, -0.15) is 0 Å². The smallest absolute Gasteiger partial charge is 0.342 e. The van der Waals surface area contributed by atoms with Crippen LogP contribution < -0.4 is 0 Å². The summed E-state index contributed by atoms with van der Waals surface area (Å²) >= 11 is 0. The van der Waals surface area contributed by atoms with Gasteiger partial charge in [0.05, 0.1) is 6.61 Å². The Hall–Kier alpha value is -1.55. The Kier molecular flexibility index (Phi) is 3.31. The fourth-order valence-electron chi connectivity index (χ4n) is 1.27. The number of benzene rings is 1. The summed E-state index contributed by atoms with van der Waals surface area (Å²) < 4.78 is 4.72. The second kappa shape index (κ2) is 4.31. The zero-order valence-electron chi connectivity index (χ0n) is 8.73. The number of phenolic OH excluding ortho intramolecular Hbond substituents is 1. The van der Waals surface area contributed by atoms with Crippen LogP contribution in [0.15, 0.2) is 24.3 Å². The van der Waals surface area contributed by atoms with Gasteiger partial charge in [-0.05, 0) is 19.9 Å². The Morgan fingerprint density at radius 3 is 2.60 bits per heavy atom. The quantitative estimate of drug-likeness (QED) is 0.735. The molecule has 0 saturated carbocycles. The summed E-state index contributed by atoms with van der Waals surface area (Å²) in [7, 11) is 0. The van der Waals surface area contributed by atoms with E-state index in [1.54, 1.807) is 19.1 Å². The van der Waals surface area contributed by atoms with Gasteiger partial charge in [0.1, 0.15) is 5.75 Å². The summed E-state index contributed by atoms with van der Waals surface area (Å²) in [6.45, 7) is 3.13. The van der Waals surface area contributed by atoms with Gasteiger partial charge in [0, 0.05) is 5.56 Å². The minimum atomic E-state index is -1.82. The molecule has 2 N–H and O–H groups in total. The van der Waals surface area contributed by atoms with E-state index in [2.05, 4.69) is 0 Å². The summed E-state index contributed by atoms with van der Waals surface area (Å²) in [5.41, 5.74) is -1.68. The van der Waals surface area contributed by atoms with Crippen LogP contribution in [0.3, 0.4) is 0 Å². The SMILES string of the molecule is CCOC(=O)C(C)(O)c1ccccc1O. The number of carbonyl (C=O) groups excluding carboxylic acids is 1. The van der Waals surface area contributed by atoms with Gasteiger partial charge < -0.3 is 14.9 Å². The largest absolute Gasteiger partial charge is 0.508 e. The van der Waals surface area contributed by atoms with Gasteiger partial charge in [0.15, 0.2) is 5.60 Å². The number of hydrogen-bond donors (Lipinski definition) is 2. The first kappa shape index (κ1) is 11.5. The zero-order valence-corrected chi connectivity index (χ0v) is 8.73. The molecule has 0 aromatic heterocycles. The molecule has 0 fully saturated rings. The third-order valence-corrected chi connectivity index (χ3v) is 2.10. The van der Waals surface area contributed by atoms with Crippen LogP contribution in [0.2, 0.25) is 0 Å². The predicted molar refractivity (Wildman–Crippen MR) is 54.3 cm³/mol. The number of ether oxygens (including phenoxy) is 1. The van der Waals surface area contributed by atoms with Crippen LogP contribution in [0.25, 0.3) is 0 Å².